The molecule has 1 aromatic heterocycles. The highest BCUT2D eigenvalue weighted by molar-refractivity contribution is 5.85. The van der Waals surface area contributed by atoms with Crippen molar-refractivity contribution >= 4 is 12.4 Å². The van der Waals surface area contributed by atoms with Crippen molar-refractivity contribution in [2.24, 2.45) is 0 Å². The van der Waals surface area contributed by atoms with Gasteiger partial charge in [0, 0.05) is 26.1 Å². The third kappa shape index (κ3) is 2.93. The van der Waals surface area contributed by atoms with E-state index >= 15 is 0 Å². The predicted molar refractivity (Wildman–Crippen MR) is 63.8 cm³/mol. The first-order valence-corrected chi connectivity index (χ1v) is 5.54. The molecule has 6 heteroatoms. The van der Waals surface area contributed by atoms with Gasteiger partial charge in [0.15, 0.2) is 5.82 Å². The van der Waals surface area contributed by atoms with E-state index < -0.39 is 0 Å². The van der Waals surface area contributed by atoms with Gasteiger partial charge in [-0.3, -0.25) is 4.90 Å². The highest BCUT2D eigenvalue weighted by Crippen LogP contribution is 2.17. The van der Waals surface area contributed by atoms with E-state index in [4.69, 9.17) is 4.52 Å². The smallest absolute Gasteiger partial charge is 0.226 e. The highest BCUT2D eigenvalue weighted by atomic mass is 35.5. The number of hydrogen-bond acceptors (Lipinski definition) is 5. The Morgan fingerprint density at radius 1 is 1.56 bits per heavy atom. The van der Waals surface area contributed by atoms with Crippen LogP contribution < -0.4 is 5.32 Å². The quantitative estimate of drug-likeness (QED) is 0.863. The van der Waals surface area contributed by atoms with Crippen molar-refractivity contribution in [3.05, 3.63) is 11.7 Å². The van der Waals surface area contributed by atoms with Crippen LogP contribution in [0.25, 0.3) is 0 Å². The molecule has 1 aliphatic heterocycles. The summed E-state index contributed by atoms with van der Waals surface area (Å²) in [7, 11) is 2.10. The Labute approximate surface area is 102 Å². The number of halogens is 1. The van der Waals surface area contributed by atoms with Crippen LogP contribution in [-0.4, -0.2) is 41.7 Å². The van der Waals surface area contributed by atoms with Gasteiger partial charge in [0.25, 0.3) is 0 Å². The molecule has 1 saturated heterocycles. The van der Waals surface area contributed by atoms with Gasteiger partial charge in [-0.15, -0.1) is 12.4 Å². The lowest BCUT2D eigenvalue weighted by atomic mass is 10.2. The summed E-state index contributed by atoms with van der Waals surface area (Å²) >= 11 is 0. The van der Waals surface area contributed by atoms with Gasteiger partial charge in [-0.2, -0.15) is 4.98 Å². The number of aromatic nitrogens is 2. The van der Waals surface area contributed by atoms with E-state index in [0.717, 1.165) is 44.2 Å². The average Bonchev–Trinajstić information content (AvgIpc) is 2.68. The fourth-order valence-corrected chi connectivity index (χ4v) is 1.81. The first kappa shape index (κ1) is 13.4. The molecule has 0 saturated carbocycles. The van der Waals surface area contributed by atoms with Crippen LogP contribution >= 0.6 is 12.4 Å². The Morgan fingerprint density at radius 2 is 2.38 bits per heavy atom. The van der Waals surface area contributed by atoms with Crippen molar-refractivity contribution in [1.29, 1.82) is 0 Å². The van der Waals surface area contributed by atoms with Crippen LogP contribution in [-0.2, 0) is 6.42 Å². The Bertz CT molecular complexity index is 318. The van der Waals surface area contributed by atoms with Gasteiger partial charge < -0.3 is 9.84 Å². The molecular formula is C10H19ClN4O. The Balaban J connectivity index is 0.00000128. The van der Waals surface area contributed by atoms with Crippen molar-refractivity contribution in [3.63, 3.8) is 0 Å². The van der Waals surface area contributed by atoms with Crippen molar-refractivity contribution < 1.29 is 4.52 Å². The normalized spacial score (nSPS) is 21.8. The van der Waals surface area contributed by atoms with E-state index in [2.05, 4.69) is 34.3 Å². The molecule has 2 rings (SSSR count). The van der Waals surface area contributed by atoms with Gasteiger partial charge in [-0.1, -0.05) is 12.1 Å². The fourth-order valence-electron chi connectivity index (χ4n) is 1.81. The molecule has 5 nitrogen and oxygen atoms in total. The van der Waals surface area contributed by atoms with Gasteiger partial charge in [-0.05, 0) is 13.5 Å². The van der Waals surface area contributed by atoms with Gasteiger partial charge in [0.1, 0.15) is 0 Å². The van der Waals surface area contributed by atoms with E-state index in [1.807, 2.05) is 0 Å². The largest absolute Gasteiger partial charge is 0.339 e. The van der Waals surface area contributed by atoms with E-state index in [0.29, 0.717) is 0 Å². The van der Waals surface area contributed by atoms with Gasteiger partial charge in [0.05, 0.1) is 6.04 Å². The second-order valence-electron chi connectivity index (χ2n) is 4.00. The Hall–Kier alpha value is -0.650. The molecule has 0 bridgehead atoms. The van der Waals surface area contributed by atoms with Crippen molar-refractivity contribution in [2.45, 2.75) is 25.8 Å². The van der Waals surface area contributed by atoms with Crippen molar-refractivity contribution in [1.82, 2.24) is 20.4 Å². The maximum atomic E-state index is 5.19. The van der Waals surface area contributed by atoms with Crippen LogP contribution in [0.3, 0.4) is 0 Å². The van der Waals surface area contributed by atoms with E-state index in [-0.39, 0.29) is 18.4 Å². The van der Waals surface area contributed by atoms with Crippen LogP contribution in [0.2, 0.25) is 0 Å². The van der Waals surface area contributed by atoms with E-state index in [1.54, 1.807) is 0 Å². The minimum Gasteiger partial charge on any atom is -0.339 e. The molecule has 1 fully saturated rings. The average molecular weight is 247 g/mol. The number of hydrogen-bond donors (Lipinski definition) is 1. The monoisotopic (exact) mass is 246 g/mol. The number of nitrogens with one attached hydrogen (secondary N) is 1. The molecule has 1 atom stereocenters. The zero-order valence-electron chi connectivity index (χ0n) is 9.77. The molecule has 0 radical (unpaired) electrons. The van der Waals surface area contributed by atoms with Crippen LogP contribution in [0.5, 0.6) is 0 Å². The summed E-state index contributed by atoms with van der Waals surface area (Å²) in [5, 5.41) is 7.38. The summed E-state index contributed by atoms with van der Waals surface area (Å²) in [5.41, 5.74) is 0. The van der Waals surface area contributed by atoms with Crippen molar-refractivity contribution in [2.75, 3.05) is 26.7 Å². The molecule has 1 N–H and O–H groups in total. The SMILES string of the molecule is CCCc1nc(C2CNCCN2C)no1.Cl. The summed E-state index contributed by atoms with van der Waals surface area (Å²) in [5.74, 6) is 1.57. The summed E-state index contributed by atoms with van der Waals surface area (Å²) in [6.45, 7) is 5.08. The molecule has 92 valence electrons. The minimum absolute atomic E-state index is 0. The van der Waals surface area contributed by atoms with Crippen molar-refractivity contribution in [3.8, 4) is 0 Å². The third-order valence-corrected chi connectivity index (χ3v) is 2.76. The Kier molecular flexibility index (Phi) is 5.18. The van der Waals surface area contributed by atoms with Crippen LogP contribution in [0.4, 0.5) is 0 Å². The number of rotatable bonds is 3. The topological polar surface area (TPSA) is 54.2 Å². The lowest BCUT2D eigenvalue weighted by molar-refractivity contribution is 0.190. The second kappa shape index (κ2) is 6.18. The molecular weight excluding hydrogens is 228 g/mol. The lowest BCUT2D eigenvalue weighted by Gasteiger charge is -2.30. The zero-order chi connectivity index (χ0) is 10.7. The van der Waals surface area contributed by atoms with Gasteiger partial charge in [0.2, 0.25) is 5.89 Å². The lowest BCUT2D eigenvalue weighted by Crippen LogP contribution is -2.44. The molecule has 0 aliphatic carbocycles. The predicted octanol–water partition coefficient (Wildman–Crippen LogP) is 1.02. The van der Waals surface area contributed by atoms with Gasteiger partial charge in [-0.25, -0.2) is 0 Å². The summed E-state index contributed by atoms with van der Waals surface area (Å²) < 4.78 is 5.19. The molecule has 16 heavy (non-hydrogen) atoms. The third-order valence-electron chi connectivity index (χ3n) is 2.76. The molecule has 0 aromatic carbocycles. The van der Waals surface area contributed by atoms with Crippen LogP contribution in [0, 0.1) is 0 Å². The molecule has 1 aromatic rings. The summed E-state index contributed by atoms with van der Waals surface area (Å²) in [6.07, 6.45) is 1.91. The maximum Gasteiger partial charge on any atom is 0.226 e. The summed E-state index contributed by atoms with van der Waals surface area (Å²) in [6, 6.07) is 0.258. The first-order valence-electron chi connectivity index (χ1n) is 5.54. The zero-order valence-corrected chi connectivity index (χ0v) is 10.6. The molecule has 2 heterocycles. The molecule has 0 spiro atoms. The Morgan fingerprint density at radius 3 is 3.06 bits per heavy atom. The molecule has 0 amide bonds. The minimum atomic E-state index is 0. The van der Waals surface area contributed by atoms with E-state index in [9.17, 15) is 0 Å². The van der Waals surface area contributed by atoms with Gasteiger partial charge >= 0.3 is 0 Å². The maximum absolute atomic E-state index is 5.19. The first-order chi connectivity index (χ1) is 7.31. The standard InChI is InChI=1S/C10H18N4O.ClH/c1-3-4-9-12-10(13-15-9)8-7-11-5-6-14(8)2;/h8,11H,3-7H2,1-2H3;1H. The summed E-state index contributed by atoms with van der Waals surface area (Å²) in [4.78, 5) is 6.68. The molecule has 1 unspecified atom stereocenters. The highest BCUT2D eigenvalue weighted by Gasteiger charge is 2.24. The number of piperazine rings is 1. The van der Waals surface area contributed by atoms with E-state index in [1.165, 1.54) is 0 Å². The second-order valence-corrected chi connectivity index (χ2v) is 4.00. The number of likely N-dealkylation sites (N-methyl/N-ethyl adjacent to an activating group) is 1. The van der Waals surface area contributed by atoms with Crippen LogP contribution in [0.1, 0.15) is 31.1 Å². The number of aryl methyl sites for hydroxylation is 1. The van der Waals surface area contributed by atoms with Crippen LogP contribution in [0.15, 0.2) is 4.52 Å². The molecule has 1 aliphatic rings. The number of nitrogens with zero attached hydrogens (tertiary/aromatic N) is 3. The fraction of sp³-hybridized carbons (Fsp3) is 0.800.